The molecule has 0 spiro atoms. The van der Waals surface area contributed by atoms with Gasteiger partial charge in [-0.1, -0.05) is 0 Å². The Hall–Kier alpha value is 6.12. The van der Waals surface area contributed by atoms with Crippen LogP contribution in [-0.2, 0) is 32.7 Å². The molecule has 0 unspecified atom stereocenters. The van der Waals surface area contributed by atoms with Gasteiger partial charge in [0, 0.05) is 183 Å². The van der Waals surface area contributed by atoms with Crippen LogP contribution < -0.4 is 0 Å². The maximum absolute atomic E-state index is 0. The molecule has 0 bridgehead atoms. The standard InChI is InChI=1S/Dy.Er.Ho.Tm.Y. The van der Waals surface area contributed by atoms with Gasteiger partial charge in [0.15, 0.2) is 0 Å². The molecule has 0 aliphatic carbocycles. The van der Waals surface area contributed by atoms with Gasteiger partial charge in [0.25, 0.3) is 0 Å². The molecule has 0 aliphatic heterocycles. The first-order valence-corrected chi connectivity index (χ1v) is 0. The summed E-state index contributed by atoms with van der Waals surface area (Å²) in [6, 6.07) is 0. The number of hydrogen-bond acceptors (Lipinski definition) is 0. The van der Waals surface area contributed by atoms with E-state index in [1.54, 1.807) is 0 Å². The molecule has 0 amide bonds. The van der Waals surface area contributed by atoms with E-state index in [1.807, 2.05) is 0 Å². The SMILES string of the molecule is [Dy].[Er].[Ho].[Tm].[Y]. The minimum absolute atomic E-state index is 0. The van der Waals surface area contributed by atoms with Gasteiger partial charge in [0.05, 0.1) is 0 Å². The van der Waals surface area contributed by atoms with Gasteiger partial charge in [-0.3, -0.25) is 0 Å². The van der Waals surface area contributed by atoms with Crippen LogP contribution in [0.3, 0.4) is 0 Å². The van der Waals surface area contributed by atoms with Gasteiger partial charge in [-0.2, -0.15) is 0 Å². The van der Waals surface area contributed by atoms with E-state index in [9.17, 15) is 0 Å². The van der Waals surface area contributed by atoms with Crippen molar-refractivity contribution in [1.82, 2.24) is 0 Å². The molecule has 0 nitrogen and oxygen atoms in total. The van der Waals surface area contributed by atoms with Gasteiger partial charge >= 0.3 is 0 Å². The smallest absolute Gasteiger partial charge is 0 e. The van der Waals surface area contributed by atoms with E-state index >= 15 is 0 Å². The van der Waals surface area contributed by atoms with Crippen LogP contribution in [0.15, 0.2) is 0 Å². The summed E-state index contributed by atoms with van der Waals surface area (Å²) in [7, 11) is 0. The Morgan fingerprint density at radius 2 is 1.00 bits per heavy atom. The molecule has 0 heterocycles. The Morgan fingerprint density at radius 3 is 1.00 bits per heavy atom. The van der Waals surface area contributed by atoms with Crippen molar-refractivity contribution in [2.24, 2.45) is 0 Å². The summed E-state index contributed by atoms with van der Waals surface area (Å²) in [6.07, 6.45) is 0. The van der Waals surface area contributed by atoms with Gasteiger partial charge in [0.2, 0.25) is 0 Å². The number of hydrogen-bond donors (Lipinski definition) is 0. The van der Waals surface area contributed by atoms with E-state index in [1.165, 1.54) is 0 Å². The third kappa shape index (κ3) is 17.8. The Bertz CT molecular complexity index is 11.6. The first-order chi connectivity index (χ1) is 0. The average molecular weight is 753 g/mol. The van der Waals surface area contributed by atoms with Crippen molar-refractivity contribution in [2.75, 3.05) is 0 Å². The van der Waals surface area contributed by atoms with Crippen LogP contribution in [0.4, 0.5) is 0 Å². The summed E-state index contributed by atoms with van der Waals surface area (Å²) >= 11 is 0. The van der Waals surface area contributed by atoms with Crippen molar-refractivity contribution in [3.63, 3.8) is 0 Å². The van der Waals surface area contributed by atoms with Crippen LogP contribution in [0.5, 0.6) is 0 Å². The van der Waals surface area contributed by atoms with E-state index in [2.05, 4.69) is 0 Å². The Kier molecular flexibility index (Phi) is 137. The molecule has 0 rings (SSSR count). The summed E-state index contributed by atoms with van der Waals surface area (Å²) < 4.78 is 0. The van der Waals surface area contributed by atoms with Crippen LogP contribution in [0.25, 0.3) is 0 Å². The molecule has 5 heavy (non-hydrogen) atoms. The van der Waals surface area contributed by atoms with Crippen molar-refractivity contribution in [1.29, 1.82) is 0 Å². The molecule has 0 saturated heterocycles. The topological polar surface area (TPSA) is 0 Å². The third-order valence-corrected chi connectivity index (χ3v) is 0. The van der Waals surface area contributed by atoms with Crippen molar-refractivity contribution >= 4 is 0 Å². The summed E-state index contributed by atoms with van der Waals surface area (Å²) in [6.45, 7) is 0. The van der Waals surface area contributed by atoms with Crippen LogP contribution in [-0.4, -0.2) is 0 Å². The molecule has 3 radical (unpaired) electrons. The molecule has 0 aromatic rings. The van der Waals surface area contributed by atoms with Crippen LogP contribution in [0.1, 0.15) is 0 Å². The van der Waals surface area contributed by atoms with E-state index in [-0.39, 0.29) is 183 Å². The monoisotopic (exact) mass is 753 g/mol. The molecule has 0 atom stereocenters. The summed E-state index contributed by atoms with van der Waals surface area (Å²) in [4.78, 5) is 0. The molecule has 0 fully saturated rings. The Morgan fingerprint density at radius 1 is 1.00 bits per heavy atom. The molecule has 0 aromatic carbocycles. The fourth-order valence-electron chi connectivity index (χ4n) is 0. The second kappa shape index (κ2) is 22.5. The molecule has 0 N–H and O–H groups in total. The first kappa shape index (κ1) is 30.4. The van der Waals surface area contributed by atoms with Crippen LogP contribution >= 0.6 is 0 Å². The molecule has 0 saturated carbocycles. The van der Waals surface area contributed by atoms with Crippen molar-refractivity contribution < 1.29 is 183 Å². The van der Waals surface area contributed by atoms with Gasteiger partial charge in [-0.05, 0) is 0 Å². The predicted molar refractivity (Wildman–Crippen MR) is 0 cm³/mol. The minimum atomic E-state index is 0. The molecule has 0 aliphatic rings. The first-order valence-electron chi connectivity index (χ1n) is 0. The summed E-state index contributed by atoms with van der Waals surface area (Å²) in [5.74, 6) is 0. The van der Waals surface area contributed by atoms with Gasteiger partial charge in [0.1, 0.15) is 0 Å². The van der Waals surface area contributed by atoms with Gasteiger partial charge < -0.3 is 0 Å². The molecular formula is DyErHoTmY. The average Bonchev–Trinajstić information content (AvgIpc) is 0. The minimum Gasteiger partial charge on any atom is 0 e. The van der Waals surface area contributed by atoms with E-state index in [0.29, 0.717) is 0 Å². The van der Waals surface area contributed by atoms with Gasteiger partial charge in [-0.25, -0.2) is 0 Å². The van der Waals surface area contributed by atoms with Crippen LogP contribution in [0, 0.1) is 150 Å². The second-order valence-corrected chi connectivity index (χ2v) is 0. The summed E-state index contributed by atoms with van der Waals surface area (Å²) in [5.41, 5.74) is 0. The molecule has 5 heteroatoms. The van der Waals surface area contributed by atoms with E-state index < -0.39 is 0 Å². The molecule has 0 aromatic heterocycles. The quantitative estimate of drug-likeness (QED) is 0.306. The third-order valence-electron chi connectivity index (χ3n) is 0. The Labute approximate surface area is 176 Å². The zero-order chi connectivity index (χ0) is 0. The van der Waals surface area contributed by atoms with Crippen LogP contribution in [0.2, 0.25) is 0 Å². The van der Waals surface area contributed by atoms with Crippen molar-refractivity contribution in [2.45, 2.75) is 0 Å². The number of rotatable bonds is 0. The largest absolute Gasteiger partial charge is 0 e. The molecule has 49 valence electrons. The fraction of sp³-hybridized carbons (Fsp3) is 0. The molecular weight excluding hydrogens is 753 g/mol. The normalized spacial score (nSPS) is 0. The Balaban J connectivity index is 0. The fourth-order valence-corrected chi connectivity index (χ4v) is 0. The van der Waals surface area contributed by atoms with Crippen molar-refractivity contribution in [3.05, 3.63) is 0 Å². The zero-order valence-corrected chi connectivity index (χ0v) is 12.2. The zero-order valence-electron chi connectivity index (χ0n) is 1.76. The van der Waals surface area contributed by atoms with E-state index in [0.717, 1.165) is 0 Å². The van der Waals surface area contributed by atoms with Gasteiger partial charge in [-0.15, -0.1) is 0 Å². The maximum atomic E-state index is 0. The maximum Gasteiger partial charge on any atom is 0 e. The van der Waals surface area contributed by atoms with Crippen molar-refractivity contribution in [3.8, 4) is 0 Å². The summed E-state index contributed by atoms with van der Waals surface area (Å²) in [5, 5.41) is 0. The van der Waals surface area contributed by atoms with E-state index in [4.69, 9.17) is 0 Å². The second-order valence-electron chi connectivity index (χ2n) is 0. The predicted octanol–water partition coefficient (Wildman–Crippen LogP) is -0.00250.